The minimum Gasteiger partial charge on any atom is -0.494 e. The van der Waals surface area contributed by atoms with Crippen molar-refractivity contribution in [3.05, 3.63) is 96.4 Å². The van der Waals surface area contributed by atoms with Crippen LogP contribution in [0, 0.1) is 0 Å². The lowest BCUT2D eigenvalue weighted by Crippen LogP contribution is -2.17. The van der Waals surface area contributed by atoms with Crippen molar-refractivity contribution in [3.63, 3.8) is 0 Å². The summed E-state index contributed by atoms with van der Waals surface area (Å²) in [6.07, 6.45) is 6.90. The molecule has 7 nitrogen and oxygen atoms in total. The van der Waals surface area contributed by atoms with E-state index in [1.54, 1.807) is 47.6 Å². The minimum atomic E-state index is -0.308. The number of hydrogen-bond donors (Lipinski definition) is 1. The Labute approximate surface area is 180 Å². The minimum absolute atomic E-state index is 0.308. The first-order chi connectivity index (χ1) is 15.2. The molecule has 2 heterocycles. The molecule has 4 aromatic rings. The van der Waals surface area contributed by atoms with Gasteiger partial charge in [-0.15, -0.1) is 0 Å². The third-order valence-electron chi connectivity index (χ3n) is 4.50. The van der Waals surface area contributed by atoms with E-state index in [2.05, 4.69) is 15.5 Å². The van der Waals surface area contributed by atoms with Gasteiger partial charge in [-0.3, -0.25) is 9.78 Å². The molecule has 1 N–H and O–H groups in total. The van der Waals surface area contributed by atoms with E-state index in [-0.39, 0.29) is 5.91 Å². The highest BCUT2D eigenvalue weighted by Crippen LogP contribution is 2.21. The van der Waals surface area contributed by atoms with E-state index in [1.165, 1.54) is 0 Å². The summed E-state index contributed by atoms with van der Waals surface area (Å²) in [7, 11) is 0. The Bertz CT molecular complexity index is 1170. The average molecular weight is 411 g/mol. The predicted molar refractivity (Wildman–Crippen MR) is 119 cm³/mol. The van der Waals surface area contributed by atoms with E-state index in [1.807, 2.05) is 55.6 Å². The summed E-state index contributed by atoms with van der Waals surface area (Å²) >= 11 is 0. The molecular formula is C24H21N5O2. The molecule has 0 aliphatic heterocycles. The number of pyridine rings is 1. The lowest BCUT2D eigenvalue weighted by atomic mass is 10.1. The average Bonchev–Trinajstić information content (AvgIpc) is 3.25. The number of carbonyl (C=O) groups is 1. The Hall–Kier alpha value is -4.26. The van der Waals surface area contributed by atoms with Gasteiger partial charge in [0.15, 0.2) is 0 Å². The molecule has 0 atom stereocenters. The van der Waals surface area contributed by atoms with Gasteiger partial charge < -0.3 is 4.74 Å². The highest BCUT2D eigenvalue weighted by molar-refractivity contribution is 5.95. The number of hydrazone groups is 1. The number of rotatable bonds is 7. The molecule has 0 aliphatic carbocycles. The molecule has 0 spiro atoms. The van der Waals surface area contributed by atoms with Gasteiger partial charge in [-0.05, 0) is 55.5 Å². The van der Waals surface area contributed by atoms with Crippen LogP contribution < -0.4 is 10.2 Å². The van der Waals surface area contributed by atoms with Gasteiger partial charge in [0.1, 0.15) is 11.4 Å². The summed E-state index contributed by atoms with van der Waals surface area (Å²) in [5.41, 5.74) is 6.31. The molecule has 0 saturated heterocycles. The van der Waals surface area contributed by atoms with Gasteiger partial charge in [-0.1, -0.05) is 18.2 Å². The molecule has 2 aromatic heterocycles. The number of aromatic nitrogens is 3. The molecule has 0 saturated carbocycles. The smallest absolute Gasteiger partial charge is 0.271 e. The van der Waals surface area contributed by atoms with Crippen molar-refractivity contribution in [3.8, 4) is 22.7 Å². The Balaban J connectivity index is 1.56. The quantitative estimate of drug-likeness (QED) is 0.367. The van der Waals surface area contributed by atoms with E-state index in [0.717, 1.165) is 28.3 Å². The largest absolute Gasteiger partial charge is 0.494 e. The van der Waals surface area contributed by atoms with Gasteiger partial charge >= 0.3 is 0 Å². The van der Waals surface area contributed by atoms with Gasteiger partial charge in [0.2, 0.25) is 0 Å². The maximum absolute atomic E-state index is 12.4. The highest BCUT2D eigenvalue weighted by atomic mass is 16.5. The van der Waals surface area contributed by atoms with E-state index in [0.29, 0.717) is 12.2 Å². The van der Waals surface area contributed by atoms with Gasteiger partial charge in [0.25, 0.3) is 5.91 Å². The number of carbonyl (C=O) groups excluding carboxylic acids is 1. The first-order valence-electron chi connectivity index (χ1n) is 9.86. The van der Waals surface area contributed by atoms with Crippen LogP contribution in [0.25, 0.3) is 16.9 Å². The summed E-state index contributed by atoms with van der Waals surface area (Å²) in [4.78, 5) is 16.6. The second-order valence-corrected chi connectivity index (χ2v) is 6.61. The van der Waals surface area contributed by atoms with Gasteiger partial charge in [0.05, 0.1) is 18.5 Å². The van der Waals surface area contributed by atoms with Crippen molar-refractivity contribution in [2.24, 2.45) is 5.10 Å². The van der Waals surface area contributed by atoms with Crippen LogP contribution in [0.15, 0.2) is 90.4 Å². The number of nitrogens with one attached hydrogen (secondary N) is 1. The number of para-hydroxylation sites is 1. The summed E-state index contributed by atoms with van der Waals surface area (Å²) in [6, 6.07) is 20.5. The van der Waals surface area contributed by atoms with Crippen LogP contribution in [-0.2, 0) is 0 Å². The normalized spacial score (nSPS) is 10.9. The van der Waals surface area contributed by atoms with Crippen LogP contribution in [0.5, 0.6) is 5.75 Å². The topological polar surface area (TPSA) is 81.4 Å². The van der Waals surface area contributed by atoms with Crippen molar-refractivity contribution in [2.45, 2.75) is 6.92 Å². The molecule has 4 rings (SSSR count). The van der Waals surface area contributed by atoms with Crippen molar-refractivity contribution in [1.29, 1.82) is 0 Å². The Morgan fingerprint density at radius 1 is 1.10 bits per heavy atom. The standard InChI is InChI=1S/C24H21N5O2/c1-2-31-22-12-10-18(11-13-22)24(30)27-26-16-20-17-29(21-8-4-3-5-9-21)28-23(20)19-7-6-14-25-15-19/h3-17H,2H2,1H3,(H,27,30)/b26-16-. The maximum Gasteiger partial charge on any atom is 0.271 e. The molecule has 0 unspecified atom stereocenters. The number of amides is 1. The molecule has 1 amide bonds. The third kappa shape index (κ3) is 4.84. The predicted octanol–water partition coefficient (Wildman–Crippen LogP) is 4.10. The molecule has 0 radical (unpaired) electrons. The van der Waals surface area contributed by atoms with Crippen molar-refractivity contribution >= 4 is 12.1 Å². The Morgan fingerprint density at radius 2 is 1.90 bits per heavy atom. The lowest BCUT2D eigenvalue weighted by Gasteiger charge is -2.04. The van der Waals surface area contributed by atoms with Crippen LogP contribution in [0.2, 0.25) is 0 Å². The fraction of sp³-hybridized carbons (Fsp3) is 0.0833. The van der Waals surface area contributed by atoms with Gasteiger partial charge in [-0.25, -0.2) is 10.1 Å². The summed E-state index contributed by atoms with van der Waals surface area (Å²) in [5.74, 6) is 0.412. The second-order valence-electron chi connectivity index (χ2n) is 6.61. The van der Waals surface area contributed by atoms with E-state index in [9.17, 15) is 4.79 Å². The zero-order valence-electron chi connectivity index (χ0n) is 17.0. The second kappa shape index (κ2) is 9.49. The van der Waals surface area contributed by atoms with Crippen LogP contribution in [0.3, 0.4) is 0 Å². The van der Waals surface area contributed by atoms with Crippen LogP contribution in [0.4, 0.5) is 0 Å². The fourth-order valence-corrected chi connectivity index (χ4v) is 3.02. The van der Waals surface area contributed by atoms with Crippen molar-refractivity contribution in [2.75, 3.05) is 6.61 Å². The zero-order valence-corrected chi connectivity index (χ0v) is 17.0. The zero-order chi connectivity index (χ0) is 21.5. The SMILES string of the molecule is CCOc1ccc(C(=O)N/N=C\c2cn(-c3ccccc3)nc2-c2cccnc2)cc1. The molecule has 0 bridgehead atoms. The number of ether oxygens (including phenoxy) is 1. The number of nitrogens with zero attached hydrogens (tertiary/aromatic N) is 4. The summed E-state index contributed by atoms with van der Waals surface area (Å²) < 4.78 is 7.17. The lowest BCUT2D eigenvalue weighted by molar-refractivity contribution is 0.0955. The highest BCUT2D eigenvalue weighted by Gasteiger charge is 2.11. The van der Waals surface area contributed by atoms with Crippen molar-refractivity contribution < 1.29 is 9.53 Å². The molecule has 31 heavy (non-hydrogen) atoms. The molecule has 2 aromatic carbocycles. The molecule has 154 valence electrons. The monoisotopic (exact) mass is 411 g/mol. The first kappa shape index (κ1) is 20.0. The Morgan fingerprint density at radius 3 is 2.61 bits per heavy atom. The first-order valence-corrected chi connectivity index (χ1v) is 9.86. The van der Waals surface area contributed by atoms with Crippen LogP contribution >= 0.6 is 0 Å². The van der Waals surface area contributed by atoms with Crippen molar-refractivity contribution in [1.82, 2.24) is 20.2 Å². The van der Waals surface area contributed by atoms with E-state index >= 15 is 0 Å². The molecule has 0 fully saturated rings. The summed E-state index contributed by atoms with van der Waals surface area (Å²) in [6.45, 7) is 2.49. The molecule has 7 heteroatoms. The number of benzene rings is 2. The van der Waals surface area contributed by atoms with Crippen LogP contribution in [-0.4, -0.2) is 33.5 Å². The third-order valence-corrected chi connectivity index (χ3v) is 4.50. The van der Waals surface area contributed by atoms with Gasteiger partial charge in [-0.2, -0.15) is 10.2 Å². The number of hydrogen-bond acceptors (Lipinski definition) is 5. The van der Waals surface area contributed by atoms with Gasteiger partial charge in [0, 0.05) is 35.3 Å². The van der Waals surface area contributed by atoms with Crippen LogP contribution in [0.1, 0.15) is 22.8 Å². The van der Waals surface area contributed by atoms with E-state index < -0.39 is 0 Å². The maximum atomic E-state index is 12.4. The fourth-order valence-electron chi connectivity index (χ4n) is 3.02. The molecule has 0 aliphatic rings. The summed E-state index contributed by atoms with van der Waals surface area (Å²) in [5, 5.41) is 8.83. The van der Waals surface area contributed by atoms with E-state index in [4.69, 9.17) is 9.84 Å². The molecular weight excluding hydrogens is 390 g/mol. The Kier molecular flexibility index (Phi) is 6.13.